The zero-order valence-electron chi connectivity index (χ0n) is 11.5. The predicted molar refractivity (Wildman–Crippen MR) is 71.1 cm³/mol. The van der Waals surface area contributed by atoms with Crippen LogP contribution < -0.4 is 0 Å². The van der Waals surface area contributed by atoms with Crippen LogP contribution >= 0.6 is 0 Å². The van der Waals surface area contributed by atoms with Crippen molar-refractivity contribution in [3.63, 3.8) is 0 Å². The van der Waals surface area contributed by atoms with E-state index in [1.165, 1.54) is 44.1 Å². The third kappa shape index (κ3) is 11.7. The van der Waals surface area contributed by atoms with Gasteiger partial charge in [0.15, 0.2) is 0 Å². The molecule has 0 aliphatic carbocycles. The molecule has 0 fully saturated rings. The highest BCUT2D eigenvalue weighted by molar-refractivity contribution is 4.89. The summed E-state index contributed by atoms with van der Waals surface area (Å²) >= 11 is 0. The second-order valence-corrected chi connectivity index (χ2v) is 6.43. The minimum atomic E-state index is 0.517. The second-order valence-electron chi connectivity index (χ2n) is 6.43. The van der Waals surface area contributed by atoms with E-state index < -0.39 is 0 Å². The Morgan fingerprint density at radius 1 is 1.13 bits per heavy atom. The lowest BCUT2D eigenvalue weighted by Crippen LogP contribution is -2.04. The fourth-order valence-electron chi connectivity index (χ4n) is 2.02. The molecular formula is C15H30. The molecule has 0 aromatic carbocycles. The quantitative estimate of drug-likeness (QED) is 0.380. The van der Waals surface area contributed by atoms with Gasteiger partial charge in [0.05, 0.1) is 0 Å². The van der Waals surface area contributed by atoms with Crippen molar-refractivity contribution in [1.82, 2.24) is 0 Å². The fraction of sp³-hybridized carbons (Fsp3) is 0.867. The minimum Gasteiger partial charge on any atom is -0.100 e. The van der Waals surface area contributed by atoms with Gasteiger partial charge in [-0.25, -0.2) is 0 Å². The lowest BCUT2D eigenvalue weighted by Gasteiger charge is -2.18. The third-order valence-electron chi connectivity index (χ3n) is 2.82. The summed E-state index contributed by atoms with van der Waals surface area (Å²) in [5.41, 5.74) is 1.85. The summed E-state index contributed by atoms with van der Waals surface area (Å²) in [5.74, 6) is 0.831. The van der Waals surface area contributed by atoms with Crippen LogP contribution in [-0.2, 0) is 0 Å². The van der Waals surface area contributed by atoms with Crippen molar-refractivity contribution in [2.24, 2.45) is 11.3 Å². The Kier molecular flexibility index (Phi) is 6.96. The summed E-state index contributed by atoms with van der Waals surface area (Å²) in [6.07, 6.45) is 8.13. The van der Waals surface area contributed by atoms with Gasteiger partial charge in [-0.05, 0) is 31.1 Å². The first-order chi connectivity index (χ1) is 6.81. The van der Waals surface area contributed by atoms with Gasteiger partial charge in [-0.3, -0.25) is 0 Å². The highest BCUT2D eigenvalue weighted by atomic mass is 14.1. The van der Waals surface area contributed by atoms with Crippen molar-refractivity contribution in [2.45, 2.75) is 73.1 Å². The molecule has 0 aliphatic rings. The van der Waals surface area contributed by atoms with Crippen molar-refractivity contribution in [1.29, 1.82) is 0 Å². The average Bonchev–Trinajstić information content (AvgIpc) is 1.99. The molecule has 0 N–H and O–H groups in total. The van der Waals surface area contributed by atoms with Crippen LogP contribution in [0.15, 0.2) is 12.2 Å². The molecule has 0 radical (unpaired) electrons. The van der Waals surface area contributed by atoms with Crippen molar-refractivity contribution in [3.8, 4) is 0 Å². The van der Waals surface area contributed by atoms with Crippen LogP contribution in [0, 0.1) is 11.3 Å². The molecule has 0 amide bonds. The second kappa shape index (κ2) is 7.09. The first-order valence-electron chi connectivity index (χ1n) is 6.45. The molecule has 90 valence electrons. The van der Waals surface area contributed by atoms with Gasteiger partial charge in [-0.15, -0.1) is 6.58 Å². The smallest absolute Gasteiger partial charge is 0.0300 e. The first-order valence-corrected chi connectivity index (χ1v) is 6.45. The van der Waals surface area contributed by atoms with E-state index in [9.17, 15) is 0 Å². The normalized spacial score (nSPS) is 13.9. The fourth-order valence-corrected chi connectivity index (χ4v) is 2.02. The zero-order chi connectivity index (χ0) is 11.9. The summed E-state index contributed by atoms with van der Waals surface area (Å²) < 4.78 is 0. The number of allylic oxidation sites excluding steroid dienone is 1. The number of unbranched alkanes of at least 4 members (excludes halogenated alkanes) is 2. The Labute approximate surface area is 97.2 Å². The Hall–Kier alpha value is -0.260. The third-order valence-corrected chi connectivity index (χ3v) is 2.82. The molecule has 0 nitrogen and oxygen atoms in total. The topological polar surface area (TPSA) is 0 Å². The largest absolute Gasteiger partial charge is 0.100 e. The number of hydrogen-bond acceptors (Lipinski definition) is 0. The van der Waals surface area contributed by atoms with E-state index in [1.54, 1.807) is 0 Å². The van der Waals surface area contributed by atoms with Crippen LogP contribution in [0.1, 0.15) is 73.1 Å². The van der Waals surface area contributed by atoms with Crippen molar-refractivity contribution in [2.75, 3.05) is 0 Å². The molecule has 0 saturated carbocycles. The minimum absolute atomic E-state index is 0.517. The lowest BCUT2D eigenvalue weighted by molar-refractivity contribution is 0.353. The van der Waals surface area contributed by atoms with Crippen LogP contribution in [0.4, 0.5) is 0 Å². The maximum Gasteiger partial charge on any atom is -0.0300 e. The Balaban J connectivity index is 3.35. The van der Waals surface area contributed by atoms with Crippen LogP contribution in [0.3, 0.4) is 0 Å². The molecule has 0 spiro atoms. The van der Waals surface area contributed by atoms with E-state index in [0.29, 0.717) is 5.41 Å². The van der Waals surface area contributed by atoms with E-state index in [1.807, 2.05) is 0 Å². The van der Waals surface area contributed by atoms with Crippen molar-refractivity contribution >= 4 is 0 Å². The monoisotopic (exact) mass is 210 g/mol. The highest BCUT2D eigenvalue weighted by Crippen LogP contribution is 2.23. The SMILES string of the molecule is C=C(C)CC(C)CCCCCC(C)(C)C. The molecule has 1 atom stereocenters. The van der Waals surface area contributed by atoms with Gasteiger partial charge in [-0.1, -0.05) is 59.0 Å². The van der Waals surface area contributed by atoms with Crippen LogP contribution in [-0.4, -0.2) is 0 Å². The highest BCUT2D eigenvalue weighted by Gasteiger charge is 2.09. The van der Waals surface area contributed by atoms with Gasteiger partial charge in [0.25, 0.3) is 0 Å². The van der Waals surface area contributed by atoms with Crippen LogP contribution in [0.25, 0.3) is 0 Å². The van der Waals surface area contributed by atoms with Gasteiger partial charge in [0, 0.05) is 0 Å². The predicted octanol–water partition coefficient (Wildman–Crippen LogP) is 5.59. The average molecular weight is 210 g/mol. The molecule has 0 aromatic heterocycles. The Bertz CT molecular complexity index is 171. The molecule has 0 aliphatic heterocycles. The molecule has 15 heavy (non-hydrogen) atoms. The van der Waals surface area contributed by atoms with Gasteiger partial charge in [0.2, 0.25) is 0 Å². The zero-order valence-corrected chi connectivity index (χ0v) is 11.5. The number of hydrogen-bond donors (Lipinski definition) is 0. The van der Waals surface area contributed by atoms with Crippen LogP contribution in [0.2, 0.25) is 0 Å². The van der Waals surface area contributed by atoms with E-state index in [2.05, 4.69) is 41.2 Å². The first kappa shape index (κ1) is 14.7. The summed E-state index contributed by atoms with van der Waals surface area (Å²) in [5, 5.41) is 0. The van der Waals surface area contributed by atoms with Gasteiger partial charge in [0.1, 0.15) is 0 Å². The molecule has 1 unspecified atom stereocenters. The molecular weight excluding hydrogens is 180 g/mol. The Morgan fingerprint density at radius 3 is 2.20 bits per heavy atom. The van der Waals surface area contributed by atoms with Crippen LogP contribution in [0.5, 0.6) is 0 Å². The standard InChI is InChI=1S/C15H30/c1-13(2)12-14(3)10-8-7-9-11-15(4,5)6/h14H,1,7-12H2,2-6H3. The van der Waals surface area contributed by atoms with Gasteiger partial charge in [-0.2, -0.15) is 0 Å². The molecule has 0 heterocycles. The number of rotatable bonds is 7. The van der Waals surface area contributed by atoms with E-state index in [4.69, 9.17) is 0 Å². The maximum absolute atomic E-state index is 3.97. The van der Waals surface area contributed by atoms with E-state index in [-0.39, 0.29) is 0 Å². The molecule has 0 heteroatoms. The Morgan fingerprint density at radius 2 is 1.73 bits per heavy atom. The summed E-state index contributed by atoms with van der Waals surface area (Å²) in [7, 11) is 0. The summed E-state index contributed by atoms with van der Waals surface area (Å²) in [6.45, 7) is 15.4. The van der Waals surface area contributed by atoms with Gasteiger partial charge < -0.3 is 0 Å². The van der Waals surface area contributed by atoms with E-state index >= 15 is 0 Å². The molecule has 0 saturated heterocycles. The van der Waals surface area contributed by atoms with E-state index in [0.717, 1.165) is 5.92 Å². The molecule has 0 bridgehead atoms. The summed E-state index contributed by atoms with van der Waals surface area (Å²) in [4.78, 5) is 0. The molecule has 0 rings (SSSR count). The van der Waals surface area contributed by atoms with Crippen molar-refractivity contribution < 1.29 is 0 Å². The van der Waals surface area contributed by atoms with Gasteiger partial charge >= 0.3 is 0 Å². The molecule has 0 aromatic rings. The van der Waals surface area contributed by atoms with Crippen molar-refractivity contribution in [3.05, 3.63) is 12.2 Å². The summed E-state index contributed by atoms with van der Waals surface area (Å²) in [6, 6.07) is 0. The lowest BCUT2D eigenvalue weighted by atomic mass is 9.88. The maximum atomic E-state index is 3.97.